The van der Waals surface area contributed by atoms with Crippen LogP contribution in [0.4, 0.5) is 4.79 Å². The van der Waals surface area contributed by atoms with Gasteiger partial charge in [-0.15, -0.1) is 0 Å². The van der Waals surface area contributed by atoms with Crippen LogP contribution in [0.25, 0.3) is 0 Å². The van der Waals surface area contributed by atoms with Crippen LogP contribution >= 0.6 is 0 Å². The highest BCUT2D eigenvalue weighted by Gasteiger charge is 2.25. The molecule has 0 aromatic carbocycles. The summed E-state index contributed by atoms with van der Waals surface area (Å²) in [4.78, 5) is 13.2. The Hall–Kier alpha value is -0.730. The Balaban J connectivity index is 2.28. The number of nitrogens with zero attached hydrogens (tertiary/aromatic N) is 1. The summed E-state index contributed by atoms with van der Waals surface area (Å²) in [5.74, 6) is 0. The van der Waals surface area contributed by atoms with Crippen LogP contribution in [0.3, 0.4) is 0 Å². The molecule has 0 aliphatic heterocycles. The van der Waals surface area contributed by atoms with E-state index in [1.807, 2.05) is 7.05 Å². The molecule has 12 heavy (non-hydrogen) atoms. The summed E-state index contributed by atoms with van der Waals surface area (Å²) in [6.07, 6.45) is 3.31. The number of rotatable bonds is 3. The maximum absolute atomic E-state index is 11.4. The van der Waals surface area contributed by atoms with E-state index in [0.29, 0.717) is 12.1 Å². The van der Waals surface area contributed by atoms with Gasteiger partial charge in [0.2, 0.25) is 0 Å². The van der Waals surface area contributed by atoms with Crippen LogP contribution in [0.15, 0.2) is 0 Å². The predicted octanol–water partition coefficient (Wildman–Crippen LogP) is 1.59. The van der Waals surface area contributed by atoms with Crippen molar-refractivity contribution in [1.29, 1.82) is 0 Å². The lowest BCUT2D eigenvalue weighted by Crippen LogP contribution is -2.42. The van der Waals surface area contributed by atoms with Gasteiger partial charge in [-0.05, 0) is 26.2 Å². The lowest BCUT2D eigenvalue weighted by molar-refractivity contribution is 0.192. The molecule has 1 aliphatic rings. The fourth-order valence-corrected chi connectivity index (χ4v) is 0.978. The number of hydrogen-bond donors (Lipinski definition) is 1. The molecule has 0 aromatic rings. The van der Waals surface area contributed by atoms with Crippen molar-refractivity contribution in [3.8, 4) is 0 Å². The van der Waals surface area contributed by atoms with Gasteiger partial charge in [0.25, 0.3) is 0 Å². The van der Waals surface area contributed by atoms with Gasteiger partial charge in [0.1, 0.15) is 0 Å². The highest BCUT2D eigenvalue weighted by molar-refractivity contribution is 5.74. The highest BCUT2D eigenvalue weighted by Crippen LogP contribution is 2.19. The van der Waals surface area contributed by atoms with Gasteiger partial charge >= 0.3 is 6.03 Å². The van der Waals surface area contributed by atoms with E-state index in [-0.39, 0.29) is 6.03 Å². The van der Waals surface area contributed by atoms with E-state index >= 15 is 0 Å². The third-order valence-corrected chi connectivity index (χ3v) is 2.48. The lowest BCUT2D eigenvalue weighted by Gasteiger charge is -2.23. The average Bonchev–Trinajstić information content (AvgIpc) is 2.85. The molecule has 0 heterocycles. The summed E-state index contributed by atoms with van der Waals surface area (Å²) >= 11 is 0. The Morgan fingerprint density at radius 2 is 2.25 bits per heavy atom. The summed E-state index contributed by atoms with van der Waals surface area (Å²) in [7, 11) is 1.85. The minimum absolute atomic E-state index is 0.0758. The first-order valence-corrected chi connectivity index (χ1v) is 4.68. The van der Waals surface area contributed by atoms with Gasteiger partial charge in [-0.1, -0.05) is 6.92 Å². The third-order valence-electron chi connectivity index (χ3n) is 2.48. The zero-order valence-corrected chi connectivity index (χ0v) is 8.13. The fourth-order valence-electron chi connectivity index (χ4n) is 0.978. The van der Waals surface area contributed by atoms with Crippen LogP contribution < -0.4 is 5.32 Å². The van der Waals surface area contributed by atoms with Gasteiger partial charge in [0.15, 0.2) is 0 Å². The van der Waals surface area contributed by atoms with E-state index in [9.17, 15) is 4.79 Å². The molecule has 3 nitrogen and oxygen atoms in total. The molecule has 1 atom stereocenters. The van der Waals surface area contributed by atoms with Gasteiger partial charge < -0.3 is 10.2 Å². The van der Waals surface area contributed by atoms with Gasteiger partial charge in [-0.3, -0.25) is 0 Å². The average molecular weight is 170 g/mol. The molecule has 0 bridgehead atoms. The molecule has 1 saturated carbocycles. The van der Waals surface area contributed by atoms with Crippen LogP contribution in [0, 0.1) is 0 Å². The van der Waals surface area contributed by atoms with E-state index in [4.69, 9.17) is 0 Å². The Labute approximate surface area is 74.1 Å². The second-order valence-corrected chi connectivity index (χ2v) is 3.59. The zero-order valence-electron chi connectivity index (χ0n) is 8.13. The Morgan fingerprint density at radius 1 is 1.67 bits per heavy atom. The van der Waals surface area contributed by atoms with Crippen LogP contribution in [-0.4, -0.2) is 30.1 Å². The summed E-state index contributed by atoms with van der Waals surface area (Å²) in [5.41, 5.74) is 0. The molecular weight excluding hydrogens is 152 g/mol. The molecule has 1 N–H and O–H groups in total. The molecule has 1 aliphatic carbocycles. The molecule has 3 heteroatoms. The van der Waals surface area contributed by atoms with Gasteiger partial charge in [0, 0.05) is 19.1 Å². The first kappa shape index (κ1) is 9.36. The number of amides is 2. The topological polar surface area (TPSA) is 32.3 Å². The molecule has 0 radical (unpaired) electrons. The zero-order chi connectivity index (χ0) is 9.14. The van der Waals surface area contributed by atoms with Crippen molar-refractivity contribution in [3.05, 3.63) is 0 Å². The highest BCUT2D eigenvalue weighted by atomic mass is 16.2. The van der Waals surface area contributed by atoms with Crippen molar-refractivity contribution >= 4 is 6.03 Å². The van der Waals surface area contributed by atoms with Crippen molar-refractivity contribution in [2.45, 2.75) is 45.2 Å². The van der Waals surface area contributed by atoms with Crippen LogP contribution in [0.5, 0.6) is 0 Å². The van der Waals surface area contributed by atoms with E-state index in [1.165, 1.54) is 0 Å². The van der Waals surface area contributed by atoms with Crippen molar-refractivity contribution in [1.82, 2.24) is 10.2 Å². The largest absolute Gasteiger partial charge is 0.335 e. The molecule has 0 aromatic heterocycles. The molecular formula is C9H18N2O. The van der Waals surface area contributed by atoms with Crippen LogP contribution in [-0.2, 0) is 0 Å². The number of carbonyl (C=O) groups excluding carboxylic acids is 1. The van der Waals surface area contributed by atoms with E-state index < -0.39 is 0 Å². The summed E-state index contributed by atoms with van der Waals surface area (Å²) < 4.78 is 0. The van der Waals surface area contributed by atoms with E-state index in [0.717, 1.165) is 19.3 Å². The van der Waals surface area contributed by atoms with Crippen LogP contribution in [0.1, 0.15) is 33.1 Å². The van der Waals surface area contributed by atoms with E-state index in [1.54, 1.807) is 4.90 Å². The first-order chi connectivity index (χ1) is 5.65. The predicted molar refractivity (Wildman–Crippen MR) is 49.1 cm³/mol. The van der Waals surface area contributed by atoms with Crippen molar-refractivity contribution < 1.29 is 4.79 Å². The van der Waals surface area contributed by atoms with Gasteiger partial charge in [0.05, 0.1) is 0 Å². The van der Waals surface area contributed by atoms with Gasteiger partial charge in [-0.25, -0.2) is 4.79 Å². The normalized spacial score (nSPS) is 18.6. The molecule has 1 fully saturated rings. The standard InChI is InChI=1S/C9H18N2O/c1-4-7(2)11(3)9(12)10-8-5-6-8/h7-8H,4-6H2,1-3H3,(H,10,12). The number of urea groups is 1. The van der Waals surface area contributed by atoms with Gasteiger partial charge in [-0.2, -0.15) is 0 Å². The Kier molecular flexibility index (Phi) is 2.95. The molecule has 2 amide bonds. The number of carbonyl (C=O) groups is 1. The monoisotopic (exact) mass is 170 g/mol. The first-order valence-electron chi connectivity index (χ1n) is 4.68. The Bertz CT molecular complexity index is 166. The third kappa shape index (κ3) is 2.40. The molecule has 0 spiro atoms. The molecule has 1 rings (SSSR count). The van der Waals surface area contributed by atoms with Crippen molar-refractivity contribution in [3.63, 3.8) is 0 Å². The van der Waals surface area contributed by atoms with E-state index in [2.05, 4.69) is 19.2 Å². The minimum atomic E-state index is 0.0758. The minimum Gasteiger partial charge on any atom is -0.335 e. The number of hydrogen-bond acceptors (Lipinski definition) is 1. The number of nitrogens with one attached hydrogen (secondary N) is 1. The smallest absolute Gasteiger partial charge is 0.317 e. The summed E-state index contributed by atoms with van der Waals surface area (Å²) in [5, 5.41) is 2.96. The van der Waals surface area contributed by atoms with Crippen LogP contribution in [0.2, 0.25) is 0 Å². The molecule has 1 unspecified atom stereocenters. The fraction of sp³-hybridized carbons (Fsp3) is 0.889. The molecule has 0 saturated heterocycles. The quantitative estimate of drug-likeness (QED) is 0.685. The summed E-state index contributed by atoms with van der Waals surface area (Å²) in [6, 6.07) is 0.875. The van der Waals surface area contributed by atoms with Crippen molar-refractivity contribution in [2.24, 2.45) is 0 Å². The summed E-state index contributed by atoms with van der Waals surface area (Å²) in [6.45, 7) is 4.15. The maximum Gasteiger partial charge on any atom is 0.317 e. The SMILES string of the molecule is CCC(C)N(C)C(=O)NC1CC1. The maximum atomic E-state index is 11.4. The Morgan fingerprint density at radius 3 is 2.67 bits per heavy atom. The molecule has 70 valence electrons. The van der Waals surface area contributed by atoms with Crippen molar-refractivity contribution in [2.75, 3.05) is 7.05 Å². The lowest BCUT2D eigenvalue weighted by atomic mass is 10.2. The second kappa shape index (κ2) is 3.78. The second-order valence-electron chi connectivity index (χ2n) is 3.59.